The summed E-state index contributed by atoms with van der Waals surface area (Å²) in [6, 6.07) is 8.97. The molecule has 1 aliphatic rings. The van der Waals surface area contributed by atoms with Gasteiger partial charge in [-0.2, -0.15) is 0 Å². The topological polar surface area (TPSA) is 66.8 Å². The lowest BCUT2D eigenvalue weighted by Gasteiger charge is -2.16. The Morgan fingerprint density at radius 2 is 2.11 bits per heavy atom. The molecule has 1 aliphatic heterocycles. The van der Waals surface area contributed by atoms with Crippen LogP contribution >= 0.6 is 11.3 Å². The van der Waals surface area contributed by atoms with Crippen LogP contribution in [0.3, 0.4) is 0 Å². The average molecular weight is 274 g/mol. The van der Waals surface area contributed by atoms with Crippen molar-refractivity contribution in [1.82, 2.24) is 0 Å². The van der Waals surface area contributed by atoms with Gasteiger partial charge in [0.15, 0.2) is 0 Å². The number of esters is 1. The SMILES string of the molecule is O=C1Oc2cccc(=Cc3cccs3)c2=C(O)C1O. The fourth-order valence-corrected chi connectivity index (χ4v) is 2.63. The molecule has 3 rings (SSSR count). The van der Waals surface area contributed by atoms with E-state index in [1.54, 1.807) is 29.5 Å². The summed E-state index contributed by atoms with van der Waals surface area (Å²) in [5.41, 5.74) is 0. The van der Waals surface area contributed by atoms with Crippen molar-refractivity contribution in [3.63, 3.8) is 0 Å². The minimum Gasteiger partial charge on any atom is -0.508 e. The predicted molar refractivity (Wildman–Crippen MR) is 71.3 cm³/mol. The molecule has 4 nitrogen and oxygen atoms in total. The summed E-state index contributed by atoms with van der Waals surface area (Å²) in [5, 5.41) is 22.5. The van der Waals surface area contributed by atoms with E-state index in [-0.39, 0.29) is 11.5 Å². The fourth-order valence-electron chi connectivity index (χ4n) is 1.97. The molecule has 1 aromatic heterocycles. The standard InChI is InChI=1S/C14H10O4S/c15-12-11-8(7-9-4-2-6-19-9)3-1-5-10(11)18-14(17)13(12)16/h1-7,13,15-16H. The number of rotatable bonds is 1. The molecule has 2 N–H and O–H groups in total. The van der Waals surface area contributed by atoms with E-state index >= 15 is 0 Å². The van der Waals surface area contributed by atoms with E-state index in [2.05, 4.69) is 0 Å². The summed E-state index contributed by atoms with van der Waals surface area (Å²) in [5.74, 6) is -0.967. The van der Waals surface area contributed by atoms with Crippen molar-refractivity contribution < 1.29 is 19.7 Å². The normalized spacial score (nSPS) is 19.2. The average Bonchev–Trinajstić information content (AvgIpc) is 2.89. The Morgan fingerprint density at radius 3 is 2.84 bits per heavy atom. The molecule has 1 unspecified atom stereocenters. The van der Waals surface area contributed by atoms with E-state index in [9.17, 15) is 15.0 Å². The van der Waals surface area contributed by atoms with Crippen molar-refractivity contribution >= 4 is 29.1 Å². The molecule has 0 saturated heterocycles. The van der Waals surface area contributed by atoms with Crippen LogP contribution in [-0.2, 0) is 4.79 Å². The maximum absolute atomic E-state index is 11.3. The maximum atomic E-state index is 11.3. The fraction of sp³-hybridized carbons (Fsp3) is 0.0714. The summed E-state index contributed by atoms with van der Waals surface area (Å²) in [6.45, 7) is 0. The number of ether oxygens (including phenoxy) is 1. The number of hydrogen-bond donors (Lipinski definition) is 2. The van der Waals surface area contributed by atoms with Crippen molar-refractivity contribution in [2.75, 3.05) is 0 Å². The van der Waals surface area contributed by atoms with Crippen LogP contribution in [0.15, 0.2) is 35.7 Å². The van der Waals surface area contributed by atoms with Crippen molar-refractivity contribution in [2.45, 2.75) is 6.10 Å². The van der Waals surface area contributed by atoms with Crippen LogP contribution in [0.25, 0.3) is 11.8 Å². The zero-order valence-corrected chi connectivity index (χ0v) is 10.6. The number of carbonyl (C=O) groups is 1. The highest BCUT2D eigenvalue weighted by atomic mass is 32.1. The van der Waals surface area contributed by atoms with E-state index in [4.69, 9.17) is 4.74 Å². The van der Waals surface area contributed by atoms with Gasteiger partial charge in [-0.1, -0.05) is 18.2 Å². The summed E-state index contributed by atoms with van der Waals surface area (Å²) in [6.07, 6.45) is 0.247. The smallest absolute Gasteiger partial charge is 0.348 e. The number of aliphatic hydroxyl groups is 2. The van der Waals surface area contributed by atoms with Gasteiger partial charge in [0, 0.05) is 4.88 Å². The maximum Gasteiger partial charge on any atom is 0.348 e. The molecule has 0 aliphatic carbocycles. The summed E-state index contributed by atoms with van der Waals surface area (Å²) < 4.78 is 4.99. The number of fused-ring (bicyclic) bond motifs is 1. The zero-order chi connectivity index (χ0) is 13.4. The minimum atomic E-state index is -1.62. The summed E-state index contributed by atoms with van der Waals surface area (Å²) in [4.78, 5) is 12.3. The van der Waals surface area contributed by atoms with Crippen LogP contribution in [-0.4, -0.2) is 22.3 Å². The molecule has 2 heterocycles. The summed E-state index contributed by atoms with van der Waals surface area (Å²) >= 11 is 1.55. The molecule has 0 fully saturated rings. The van der Waals surface area contributed by atoms with Gasteiger partial charge >= 0.3 is 5.97 Å². The molecule has 0 bridgehead atoms. The second-order valence-corrected chi connectivity index (χ2v) is 5.07. The van der Waals surface area contributed by atoms with Gasteiger partial charge in [-0.25, -0.2) is 4.79 Å². The molecule has 19 heavy (non-hydrogen) atoms. The van der Waals surface area contributed by atoms with Crippen LogP contribution in [0.1, 0.15) is 4.88 Å². The van der Waals surface area contributed by atoms with Crippen LogP contribution in [0.4, 0.5) is 0 Å². The van der Waals surface area contributed by atoms with Gasteiger partial charge < -0.3 is 14.9 Å². The Bertz CT molecular complexity index is 746. The molecule has 1 atom stereocenters. The molecule has 1 aromatic carbocycles. The van der Waals surface area contributed by atoms with Gasteiger partial charge in [-0.15, -0.1) is 11.3 Å². The first-order chi connectivity index (χ1) is 9.16. The van der Waals surface area contributed by atoms with E-state index in [1.807, 2.05) is 23.6 Å². The van der Waals surface area contributed by atoms with Gasteiger partial charge in [0.25, 0.3) is 0 Å². The van der Waals surface area contributed by atoms with Crippen molar-refractivity contribution in [1.29, 1.82) is 0 Å². The quantitative estimate of drug-likeness (QED) is 0.588. The van der Waals surface area contributed by atoms with Crippen LogP contribution < -0.4 is 15.2 Å². The van der Waals surface area contributed by atoms with Crippen LogP contribution in [0, 0.1) is 0 Å². The van der Waals surface area contributed by atoms with E-state index in [1.165, 1.54) is 0 Å². The van der Waals surface area contributed by atoms with Crippen molar-refractivity contribution in [2.24, 2.45) is 0 Å². The van der Waals surface area contributed by atoms with Gasteiger partial charge in [-0.3, -0.25) is 0 Å². The first-order valence-corrected chi connectivity index (χ1v) is 6.52. The number of aliphatic hydroxyl groups excluding tert-OH is 2. The molecule has 0 amide bonds. The minimum absolute atomic E-state index is 0.262. The number of benzene rings is 1. The lowest BCUT2D eigenvalue weighted by molar-refractivity contribution is -0.142. The third kappa shape index (κ3) is 2.03. The number of hydrogen-bond acceptors (Lipinski definition) is 5. The molecule has 0 radical (unpaired) electrons. The number of thiophene rings is 1. The van der Waals surface area contributed by atoms with Crippen LogP contribution in [0.2, 0.25) is 0 Å². The van der Waals surface area contributed by atoms with E-state index in [0.717, 1.165) is 4.88 Å². The zero-order valence-electron chi connectivity index (χ0n) is 9.74. The molecule has 5 heteroatoms. The molecule has 0 spiro atoms. The molecular formula is C14H10O4S. The van der Waals surface area contributed by atoms with Crippen LogP contribution in [0.5, 0.6) is 5.75 Å². The Morgan fingerprint density at radius 1 is 1.26 bits per heavy atom. The lowest BCUT2D eigenvalue weighted by atomic mass is 10.1. The van der Waals surface area contributed by atoms with Crippen molar-refractivity contribution in [3.05, 3.63) is 51.0 Å². The van der Waals surface area contributed by atoms with Gasteiger partial charge in [0.1, 0.15) is 11.5 Å². The highest BCUT2D eigenvalue weighted by Gasteiger charge is 2.28. The first-order valence-electron chi connectivity index (χ1n) is 5.64. The molecule has 2 aromatic rings. The van der Waals surface area contributed by atoms with Gasteiger partial charge in [0.2, 0.25) is 6.10 Å². The predicted octanol–water partition coefficient (Wildman–Crippen LogP) is 0.523. The number of carbonyl (C=O) groups excluding carboxylic acids is 1. The largest absolute Gasteiger partial charge is 0.508 e. The van der Waals surface area contributed by atoms with E-state index in [0.29, 0.717) is 10.4 Å². The summed E-state index contributed by atoms with van der Waals surface area (Å²) in [7, 11) is 0. The Kier molecular flexibility index (Phi) is 2.85. The Balaban J connectivity index is 2.33. The Labute approximate surface area is 112 Å². The second kappa shape index (κ2) is 4.53. The molecule has 96 valence electrons. The third-order valence-electron chi connectivity index (χ3n) is 2.85. The first kappa shape index (κ1) is 12.0. The molecular weight excluding hydrogens is 264 g/mol. The highest BCUT2D eigenvalue weighted by Crippen LogP contribution is 2.13. The third-order valence-corrected chi connectivity index (χ3v) is 3.67. The van der Waals surface area contributed by atoms with Gasteiger partial charge in [-0.05, 0) is 28.8 Å². The lowest BCUT2D eigenvalue weighted by Crippen LogP contribution is -2.42. The Hall–Kier alpha value is -2.11. The van der Waals surface area contributed by atoms with Gasteiger partial charge in [0.05, 0.1) is 5.22 Å². The van der Waals surface area contributed by atoms with Crippen molar-refractivity contribution in [3.8, 4) is 5.75 Å². The monoisotopic (exact) mass is 274 g/mol. The second-order valence-electron chi connectivity index (χ2n) is 4.09. The molecule has 0 saturated carbocycles. The highest BCUT2D eigenvalue weighted by molar-refractivity contribution is 7.10. The van der Waals surface area contributed by atoms with E-state index < -0.39 is 12.1 Å².